The van der Waals surface area contributed by atoms with Gasteiger partial charge in [0.1, 0.15) is 18.5 Å². The molecule has 0 aromatic heterocycles. The van der Waals surface area contributed by atoms with Crippen molar-refractivity contribution in [3.63, 3.8) is 0 Å². The molecule has 34 heavy (non-hydrogen) atoms. The Balaban J connectivity index is 1.88. The maximum absolute atomic E-state index is 12.9. The molecule has 0 saturated heterocycles. The quantitative estimate of drug-likeness (QED) is 0.204. The molecule has 0 heterocycles. The highest BCUT2D eigenvalue weighted by Gasteiger charge is 2.26. The second-order valence-corrected chi connectivity index (χ2v) is 7.16. The van der Waals surface area contributed by atoms with Crippen LogP contribution in [0.15, 0.2) is 78.9 Å². The molecule has 9 heteroatoms. The van der Waals surface area contributed by atoms with Crippen molar-refractivity contribution in [3.05, 3.63) is 84.4 Å². The molecular weight excluding hydrogens is 440 g/mol. The largest absolute Gasteiger partial charge is 0.491 e. The van der Waals surface area contributed by atoms with Crippen molar-refractivity contribution in [3.8, 4) is 5.75 Å². The first-order valence-electron chi connectivity index (χ1n) is 10.5. The number of benzene rings is 3. The van der Waals surface area contributed by atoms with Crippen molar-refractivity contribution >= 4 is 28.5 Å². The molecule has 2 atom stereocenters. The lowest BCUT2D eigenvalue weighted by Gasteiger charge is -2.25. The van der Waals surface area contributed by atoms with Crippen LogP contribution in [0.3, 0.4) is 0 Å². The first-order valence-corrected chi connectivity index (χ1v) is 10.5. The summed E-state index contributed by atoms with van der Waals surface area (Å²) in [6, 6.07) is 19.9. The Morgan fingerprint density at radius 1 is 1.06 bits per heavy atom. The molecular formula is C25H26N2O7. The number of anilines is 1. The zero-order valence-corrected chi connectivity index (χ0v) is 18.5. The molecule has 9 nitrogen and oxygen atoms in total. The van der Waals surface area contributed by atoms with E-state index in [9.17, 15) is 9.59 Å². The lowest BCUT2D eigenvalue weighted by molar-refractivity contribution is -0.124. The molecule has 0 aliphatic heterocycles. The molecule has 3 aromatic rings. The standard InChI is InChI=1S/C25H26N2O7/c1-32-22(12-13-23(29)27-31)24(18-8-4-9-19(16-18)33-15-14-28)34-25(30)26-21-11-5-7-17-6-2-3-10-20(17)21/h2-13,16,22,24,28,31H,14-15H2,1H3,(H,26,30)(H,27,29)/b13-12+/t22-,24-/m0/s1. The minimum Gasteiger partial charge on any atom is -0.491 e. The highest BCUT2D eigenvalue weighted by molar-refractivity contribution is 6.00. The molecule has 4 N–H and O–H groups in total. The van der Waals surface area contributed by atoms with Crippen molar-refractivity contribution in [2.24, 2.45) is 0 Å². The second-order valence-electron chi connectivity index (χ2n) is 7.16. The summed E-state index contributed by atoms with van der Waals surface area (Å²) in [7, 11) is 1.40. The topological polar surface area (TPSA) is 126 Å². The molecule has 0 unspecified atom stereocenters. The summed E-state index contributed by atoms with van der Waals surface area (Å²) in [5.41, 5.74) is 2.61. The van der Waals surface area contributed by atoms with Gasteiger partial charge in [0.2, 0.25) is 0 Å². The molecule has 3 rings (SSSR count). The van der Waals surface area contributed by atoms with Gasteiger partial charge in [-0.1, -0.05) is 48.5 Å². The zero-order chi connectivity index (χ0) is 24.3. The van der Waals surface area contributed by atoms with Crippen molar-refractivity contribution < 1.29 is 34.1 Å². The van der Waals surface area contributed by atoms with E-state index in [0.29, 0.717) is 17.0 Å². The molecule has 0 fully saturated rings. The van der Waals surface area contributed by atoms with Crippen LogP contribution in [-0.4, -0.2) is 48.7 Å². The fraction of sp³-hybridized carbons (Fsp3) is 0.200. The number of carbonyl (C=O) groups is 2. The molecule has 0 aliphatic rings. The highest BCUT2D eigenvalue weighted by atomic mass is 16.6. The number of carbonyl (C=O) groups excluding carboxylic acids is 2. The number of aliphatic hydroxyl groups excluding tert-OH is 1. The minimum atomic E-state index is -0.972. The Hall–Kier alpha value is -3.92. The van der Waals surface area contributed by atoms with Gasteiger partial charge in [-0.15, -0.1) is 0 Å². The van der Waals surface area contributed by atoms with Gasteiger partial charge < -0.3 is 19.3 Å². The van der Waals surface area contributed by atoms with E-state index in [1.54, 1.807) is 30.3 Å². The monoisotopic (exact) mass is 466 g/mol. The molecule has 0 radical (unpaired) electrons. The molecule has 0 spiro atoms. The smallest absolute Gasteiger partial charge is 0.412 e. The van der Waals surface area contributed by atoms with Gasteiger partial charge in [0.25, 0.3) is 5.91 Å². The van der Waals surface area contributed by atoms with Gasteiger partial charge in [-0.2, -0.15) is 0 Å². The first kappa shape index (κ1) is 24.7. The Bertz CT molecular complexity index is 1140. The third-order valence-corrected chi connectivity index (χ3v) is 4.93. The van der Waals surface area contributed by atoms with Crippen LogP contribution in [0.5, 0.6) is 5.75 Å². The van der Waals surface area contributed by atoms with Crippen molar-refractivity contribution in [2.45, 2.75) is 12.2 Å². The number of ether oxygens (including phenoxy) is 3. The molecule has 2 amide bonds. The van der Waals surface area contributed by atoms with Crippen molar-refractivity contribution in [1.82, 2.24) is 5.48 Å². The molecule has 3 aromatic carbocycles. The number of hydrogen-bond donors (Lipinski definition) is 4. The number of nitrogens with one attached hydrogen (secondary N) is 2. The number of amides is 2. The van der Waals surface area contributed by atoms with Crippen LogP contribution in [0.1, 0.15) is 11.7 Å². The van der Waals surface area contributed by atoms with E-state index in [4.69, 9.17) is 24.5 Å². The van der Waals surface area contributed by atoms with Gasteiger partial charge >= 0.3 is 6.09 Å². The summed E-state index contributed by atoms with van der Waals surface area (Å²) in [6.07, 6.45) is -0.142. The van der Waals surface area contributed by atoms with Gasteiger partial charge in [-0.3, -0.25) is 15.3 Å². The van der Waals surface area contributed by atoms with Gasteiger partial charge in [0.05, 0.1) is 12.3 Å². The van der Waals surface area contributed by atoms with Gasteiger partial charge in [0, 0.05) is 18.6 Å². The Morgan fingerprint density at radius 3 is 2.59 bits per heavy atom. The third kappa shape index (κ3) is 6.55. The van der Waals surface area contributed by atoms with E-state index in [2.05, 4.69) is 5.32 Å². The number of hydrogen-bond acceptors (Lipinski definition) is 7. The number of hydroxylamine groups is 1. The average Bonchev–Trinajstić information content (AvgIpc) is 2.87. The maximum atomic E-state index is 12.9. The Kier molecular flexibility index (Phi) is 8.98. The minimum absolute atomic E-state index is 0.0980. The fourth-order valence-electron chi connectivity index (χ4n) is 3.38. The third-order valence-electron chi connectivity index (χ3n) is 4.93. The molecule has 0 aliphatic carbocycles. The number of rotatable bonds is 10. The van der Waals surface area contributed by atoms with Crippen molar-refractivity contribution in [1.29, 1.82) is 0 Å². The van der Waals surface area contributed by atoms with Crippen LogP contribution in [0.2, 0.25) is 0 Å². The maximum Gasteiger partial charge on any atom is 0.412 e. The second kappa shape index (κ2) is 12.4. The molecule has 0 bridgehead atoms. The summed E-state index contributed by atoms with van der Waals surface area (Å²) < 4.78 is 16.7. The summed E-state index contributed by atoms with van der Waals surface area (Å²) in [5.74, 6) is -0.303. The summed E-state index contributed by atoms with van der Waals surface area (Å²) in [6.45, 7) is -0.0574. The number of aliphatic hydroxyl groups is 1. The SMILES string of the molecule is CO[C@@H](/C=C/C(=O)NO)[C@@H](OC(=O)Nc1cccc2ccccc12)c1cccc(OCCO)c1. The number of methoxy groups -OCH3 is 1. The van der Waals surface area contributed by atoms with Gasteiger partial charge in [0.15, 0.2) is 6.10 Å². The van der Waals surface area contributed by atoms with E-state index in [0.717, 1.165) is 16.8 Å². The zero-order valence-electron chi connectivity index (χ0n) is 18.5. The van der Waals surface area contributed by atoms with Crippen LogP contribution < -0.4 is 15.5 Å². The Morgan fingerprint density at radius 2 is 1.82 bits per heavy atom. The average molecular weight is 466 g/mol. The van der Waals surface area contributed by atoms with Crippen LogP contribution in [0.25, 0.3) is 10.8 Å². The van der Waals surface area contributed by atoms with E-state index in [1.165, 1.54) is 18.7 Å². The van der Waals surface area contributed by atoms with Crippen LogP contribution >= 0.6 is 0 Å². The molecule has 178 valence electrons. The van der Waals surface area contributed by atoms with E-state index in [-0.39, 0.29) is 13.2 Å². The van der Waals surface area contributed by atoms with Crippen LogP contribution in [-0.2, 0) is 14.3 Å². The lowest BCUT2D eigenvalue weighted by Crippen LogP contribution is -2.27. The lowest BCUT2D eigenvalue weighted by atomic mass is 10.0. The van der Waals surface area contributed by atoms with Gasteiger partial charge in [-0.25, -0.2) is 10.3 Å². The summed E-state index contributed by atoms with van der Waals surface area (Å²) in [5, 5.41) is 22.4. The van der Waals surface area contributed by atoms with Crippen LogP contribution in [0.4, 0.5) is 10.5 Å². The molecule has 0 saturated carbocycles. The van der Waals surface area contributed by atoms with E-state index >= 15 is 0 Å². The van der Waals surface area contributed by atoms with Crippen molar-refractivity contribution in [2.75, 3.05) is 25.6 Å². The first-order chi connectivity index (χ1) is 16.5. The fourth-order valence-corrected chi connectivity index (χ4v) is 3.38. The van der Waals surface area contributed by atoms with E-state index in [1.807, 2.05) is 36.4 Å². The summed E-state index contributed by atoms with van der Waals surface area (Å²) >= 11 is 0. The summed E-state index contributed by atoms with van der Waals surface area (Å²) in [4.78, 5) is 24.4. The van der Waals surface area contributed by atoms with E-state index < -0.39 is 24.2 Å². The van der Waals surface area contributed by atoms with Crippen LogP contribution in [0, 0.1) is 0 Å². The normalized spacial score (nSPS) is 12.8. The Labute approximate surface area is 196 Å². The highest BCUT2D eigenvalue weighted by Crippen LogP contribution is 2.29. The predicted octanol–water partition coefficient (Wildman–Crippen LogP) is 3.58. The number of fused-ring (bicyclic) bond motifs is 1. The predicted molar refractivity (Wildman–Crippen MR) is 126 cm³/mol. The van der Waals surface area contributed by atoms with Gasteiger partial charge in [-0.05, 0) is 35.2 Å².